The van der Waals surface area contributed by atoms with Crippen LogP contribution in [0.2, 0.25) is 0 Å². The molecule has 1 unspecified atom stereocenters. The van der Waals surface area contributed by atoms with E-state index in [-0.39, 0.29) is 23.9 Å². The lowest BCUT2D eigenvalue weighted by Gasteiger charge is -2.30. The third kappa shape index (κ3) is 5.07. The number of benzene rings is 2. The Labute approximate surface area is 207 Å². The predicted molar refractivity (Wildman–Crippen MR) is 133 cm³/mol. The predicted octanol–water partition coefficient (Wildman–Crippen LogP) is 2.96. The summed E-state index contributed by atoms with van der Waals surface area (Å²) in [5, 5.41) is 0. The minimum absolute atomic E-state index is 0.0745. The minimum atomic E-state index is -3.70. The topological polar surface area (TPSA) is 98.0 Å². The highest BCUT2D eigenvalue weighted by Gasteiger charge is 2.33. The lowest BCUT2D eigenvalue weighted by atomic mass is 9.99. The summed E-state index contributed by atoms with van der Waals surface area (Å²) in [6.07, 6.45) is 6.66. The molecule has 1 aliphatic rings. The Morgan fingerprint density at radius 2 is 1.97 bits per heavy atom. The Morgan fingerprint density at radius 1 is 1.23 bits per heavy atom. The molecule has 0 bridgehead atoms. The molecule has 1 aliphatic heterocycles. The Bertz CT molecular complexity index is 1490. The molecule has 2 heterocycles. The normalized spacial score (nSPS) is 17.3. The smallest absolute Gasteiger partial charge is 0.337 e. The monoisotopic (exact) mass is 511 g/mol. The van der Waals surface area contributed by atoms with Crippen molar-refractivity contribution in [1.82, 2.24) is 8.87 Å². The van der Waals surface area contributed by atoms with Gasteiger partial charge in [0.15, 0.2) is 4.80 Å². The van der Waals surface area contributed by atoms with Crippen molar-refractivity contribution in [2.45, 2.75) is 31.2 Å². The SMILES string of the molecule is C#CCn1c(=NC(=O)C2CCCN(S(=O)(=O)c3ccc(C)cc3)C2)sc2cc(C(=O)OC)ccc21. The van der Waals surface area contributed by atoms with E-state index in [4.69, 9.17) is 11.2 Å². The van der Waals surface area contributed by atoms with E-state index in [0.29, 0.717) is 29.8 Å². The number of ether oxygens (including phenoxy) is 1. The van der Waals surface area contributed by atoms with E-state index in [0.717, 1.165) is 15.8 Å². The van der Waals surface area contributed by atoms with Crippen LogP contribution in [0.1, 0.15) is 28.8 Å². The molecular weight excluding hydrogens is 486 g/mol. The Hall–Kier alpha value is -3.26. The largest absolute Gasteiger partial charge is 0.465 e. The molecule has 1 fully saturated rings. The summed E-state index contributed by atoms with van der Waals surface area (Å²) in [6.45, 7) is 2.52. The van der Waals surface area contributed by atoms with E-state index in [2.05, 4.69) is 10.9 Å². The molecule has 0 N–H and O–H groups in total. The average Bonchev–Trinajstić information content (AvgIpc) is 3.20. The summed E-state index contributed by atoms with van der Waals surface area (Å²) in [5.74, 6) is 1.16. The van der Waals surface area contributed by atoms with Crippen molar-refractivity contribution in [2.75, 3.05) is 20.2 Å². The van der Waals surface area contributed by atoms with Gasteiger partial charge in [-0.1, -0.05) is 35.0 Å². The summed E-state index contributed by atoms with van der Waals surface area (Å²) in [4.78, 5) is 30.0. The van der Waals surface area contributed by atoms with Gasteiger partial charge in [-0.3, -0.25) is 4.79 Å². The van der Waals surface area contributed by atoms with Crippen LogP contribution < -0.4 is 4.80 Å². The molecule has 1 atom stereocenters. The summed E-state index contributed by atoms with van der Waals surface area (Å²) in [7, 11) is -2.39. The average molecular weight is 512 g/mol. The summed E-state index contributed by atoms with van der Waals surface area (Å²) >= 11 is 1.24. The minimum Gasteiger partial charge on any atom is -0.465 e. The first kappa shape index (κ1) is 24.9. The Kier molecular flexibility index (Phi) is 7.21. The number of aryl methyl sites for hydroxylation is 1. The zero-order valence-electron chi connectivity index (χ0n) is 19.4. The van der Waals surface area contributed by atoms with E-state index in [1.54, 1.807) is 47.0 Å². The molecule has 4 rings (SSSR count). The van der Waals surface area contributed by atoms with Gasteiger partial charge in [0.2, 0.25) is 10.0 Å². The number of fused-ring (bicyclic) bond motifs is 1. The molecular formula is C25H25N3O5S2. The molecule has 35 heavy (non-hydrogen) atoms. The maximum Gasteiger partial charge on any atom is 0.337 e. The van der Waals surface area contributed by atoms with Gasteiger partial charge >= 0.3 is 5.97 Å². The van der Waals surface area contributed by atoms with Gasteiger partial charge in [0, 0.05) is 13.1 Å². The molecule has 0 radical (unpaired) electrons. The lowest BCUT2D eigenvalue weighted by Crippen LogP contribution is -2.42. The van der Waals surface area contributed by atoms with Crippen LogP contribution in [0.5, 0.6) is 0 Å². The van der Waals surface area contributed by atoms with Crippen molar-refractivity contribution in [1.29, 1.82) is 0 Å². The molecule has 1 aromatic heterocycles. The highest BCUT2D eigenvalue weighted by atomic mass is 32.2. The number of terminal acetylenes is 1. The van der Waals surface area contributed by atoms with Crippen LogP contribution in [0.15, 0.2) is 52.4 Å². The molecule has 1 amide bonds. The number of rotatable bonds is 5. The van der Waals surface area contributed by atoms with Gasteiger partial charge < -0.3 is 9.30 Å². The van der Waals surface area contributed by atoms with Crippen LogP contribution in [0, 0.1) is 25.2 Å². The van der Waals surface area contributed by atoms with Gasteiger partial charge in [0.1, 0.15) is 0 Å². The maximum absolute atomic E-state index is 13.2. The zero-order valence-corrected chi connectivity index (χ0v) is 21.1. The molecule has 3 aromatic rings. The number of methoxy groups -OCH3 is 1. The van der Waals surface area contributed by atoms with Crippen molar-refractivity contribution < 1.29 is 22.7 Å². The van der Waals surface area contributed by atoms with Gasteiger partial charge in [0.25, 0.3) is 5.91 Å². The fourth-order valence-corrected chi connectivity index (χ4v) is 6.65. The van der Waals surface area contributed by atoms with Crippen LogP contribution in [0.25, 0.3) is 10.2 Å². The summed E-state index contributed by atoms with van der Waals surface area (Å²) < 4.78 is 34.9. The van der Waals surface area contributed by atoms with Crippen LogP contribution in [-0.2, 0) is 26.1 Å². The molecule has 0 saturated carbocycles. The number of amides is 1. The number of hydrogen-bond acceptors (Lipinski definition) is 6. The molecule has 182 valence electrons. The number of piperidine rings is 1. The number of carbonyl (C=O) groups is 2. The van der Waals surface area contributed by atoms with Gasteiger partial charge in [-0.15, -0.1) is 6.42 Å². The van der Waals surface area contributed by atoms with Crippen LogP contribution >= 0.6 is 11.3 Å². The maximum atomic E-state index is 13.2. The number of nitrogens with zero attached hydrogens (tertiary/aromatic N) is 3. The van der Waals surface area contributed by atoms with E-state index in [9.17, 15) is 18.0 Å². The number of hydrogen-bond donors (Lipinski definition) is 0. The second-order valence-corrected chi connectivity index (χ2v) is 11.3. The van der Waals surface area contributed by atoms with Crippen LogP contribution in [0.4, 0.5) is 0 Å². The van der Waals surface area contributed by atoms with Crippen molar-refractivity contribution in [3.8, 4) is 12.3 Å². The second kappa shape index (κ2) is 10.2. The van der Waals surface area contributed by atoms with Crippen molar-refractivity contribution in [3.63, 3.8) is 0 Å². The standard InChI is InChI=1S/C25H25N3O5S2/c1-4-13-28-21-12-9-18(24(30)33-3)15-22(21)34-25(28)26-23(29)19-6-5-14-27(16-19)35(31,32)20-10-7-17(2)8-11-20/h1,7-12,15,19H,5-6,13-14,16H2,2-3H3. The molecule has 0 spiro atoms. The Balaban J connectivity index is 1.64. The zero-order chi connectivity index (χ0) is 25.2. The number of esters is 1. The molecule has 0 aliphatic carbocycles. The van der Waals surface area contributed by atoms with Crippen LogP contribution in [0.3, 0.4) is 0 Å². The van der Waals surface area contributed by atoms with Crippen LogP contribution in [-0.4, -0.2) is 49.4 Å². The number of aromatic nitrogens is 1. The quantitative estimate of drug-likeness (QED) is 0.388. The van der Waals surface area contributed by atoms with Crippen molar-refractivity contribution >= 4 is 43.5 Å². The fourth-order valence-electron chi connectivity index (χ4n) is 4.05. The molecule has 1 saturated heterocycles. The summed E-state index contributed by atoms with van der Waals surface area (Å²) in [6, 6.07) is 11.7. The first-order valence-electron chi connectivity index (χ1n) is 11.0. The van der Waals surface area contributed by atoms with Gasteiger partial charge in [-0.05, 0) is 50.1 Å². The number of thiazole rings is 1. The van der Waals surface area contributed by atoms with Gasteiger partial charge in [-0.25, -0.2) is 13.2 Å². The van der Waals surface area contributed by atoms with Gasteiger partial charge in [0.05, 0.1) is 40.2 Å². The summed E-state index contributed by atoms with van der Waals surface area (Å²) in [5.41, 5.74) is 2.10. The fraction of sp³-hybridized carbons (Fsp3) is 0.320. The molecule has 10 heteroatoms. The third-order valence-electron chi connectivity index (χ3n) is 5.95. The van der Waals surface area contributed by atoms with E-state index in [1.807, 2.05) is 6.92 Å². The van der Waals surface area contributed by atoms with Crippen molar-refractivity contribution in [3.05, 3.63) is 58.4 Å². The van der Waals surface area contributed by atoms with Crippen molar-refractivity contribution in [2.24, 2.45) is 10.9 Å². The third-order valence-corrected chi connectivity index (χ3v) is 8.87. The van der Waals surface area contributed by atoms with E-state index >= 15 is 0 Å². The molecule has 2 aromatic carbocycles. The molecule has 8 nitrogen and oxygen atoms in total. The highest BCUT2D eigenvalue weighted by Crippen LogP contribution is 2.25. The first-order chi connectivity index (χ1) is 16.7. The van der Waals surface area contributed by atoms with Gasteiger partial charge in [-0.2, -0.15) is 9.30 Å². The highest BCUT2D eigenvalue weighted by molar-refractivity contribution is 7.89. The Morgan fingerprint density at radius 3 is 2.66 bits per heavy atom. The lowest BCUT2D eigenvalue weighted by molar-refractivity contribution is -0.122. The number of sulfonamides is 1. The first-order valence-corrected chi connectivity index (χ1v) is 13.3. The van der Waals surface area contributed by atoms with E-state index < -0.39 is 21.9 Å². The number of carbonyl (C=O) groups excluding carboxylic acids is 2. The van der Waals surface area contributed by atoms with E-state index in [1.165, 1.54) is 22.8 Å². The second-order valence-electron chi connectivity index (χ2n) is 8.31.